The first-order chi connectivity index (χ1) is 8.25. The van der Waals surface area contributed by atoms with Gasteiger partial charge in [0.25, 0.3) is 0 Å². The summed E-state index contributed by atoms with van der Waals surface area (Å²) in [5.74, 6) is 0.266. The van der Waals surface area contributed by atoms with Crippen molar-refractivity contribution in [3.63, 3.8) is 0 Å². The molecule has 0 aromatic carbocycles. The number of hydrogen-bond acceptors (Lipinski definition) is 3. The van der Waals surface area contributed by atoms with Crippen LogP contribution >= 0.6 is 0 Å². The Kier molecular flexibility index (Phi) is 4.09. The van der Waals surface area contributed by atoms with Crippen LogP contribution in [0.2, 0.25) is 0 Å². The highest BCUT2D eigenvalue weighted by Gasteiger charge is 2.18. The molecule has 2 rings (SSSR count). The van der Waals surface area contributed by atoms with Gasteiger partial charge in [-0.25, -0.2) is 0 Å². The molecule has 0 aliphatic carbocycles. The topological polar surface area (TPSA) is 36.4 Å². The van der Waals surface area contributed by atoms with E-state index in [1.807, 2.05) is 23.2 Å². The Morgan fingerprint density at radius 2 is 2.12 bits per heavy atom. The van der Waals surface area contributed by atoms with Crippen LogP contribution in [-0.2, 0) is 11.2 Å². The lowest BCUT2D eigenvalue weighted by molar-refractivity contribution is -0.132. The number of aryl methyl sites for hydroxylation is 1. The molecule has 0 bridgehead atoms. The molecule has 0 atom stereocenters. The number of pyridine rings is 1. The van der Waals surface area contributed by atoms with Crippen LogP contribution in [-0.4, -0.2) is 53.9 Å². The van der Waals surface area contributed by atoms with E-state index in [4.69, 9.17) is 0 Å². The SMILES string of the molecule is CN1CCN(C(=O)CCc2cccnc2)CC1. The summed E-state index contributed by atoms with van der Waals surface area (Å²) >= 11 is 0. The quantitative estimate of drug-likeness (QED) is 0.774. The van der Waals surface area contributed by atoms with Crippen LogP contribution in [0.25, 0.3) is 0 Å². The van der Waals surface area contributed by atoms with E-state index in [0.29, 0.717) is 6.42 Å². The van der Waals surface area contributed by atoms with Gasteiger partial charge >= 0.3 is 0 Å². The number of hydrogen-bond donors (Lipinski definition) is 0. The number of carbonyl (C=O) groups excluding carboxylic acids is 1. The van der Waals surface area contributed by atoms with E-state index >= 15 is 0 Å². The van der Waals surface area contributed by atoms with E-state index in [2.05, 4.69) is 16.9 Å². The standard InChI is InChI=1S/C13H19N3O/c1-15-7-9-16(10-8-15)13(17)5-4-12-3-2-6-14-11-12/h2-3,6,11H,4-5,7-10H2,1H3. The molecule has 4 heteroatoms. The highest BCUT2D eigenvalue weighted by molar-refractivity contribution is 5.76. The second-order valence-corrected chi connectivity index (χ2v) is 4.55. The Hall–Kier alpha value is -1.42. The summed E-state index contributed by atoms with van der Waals surface area (Å²) < 4.78 is 0. The van der Waals surface area contributed by atoms with Crippen molar-refractivity contribution in [3.05, 3.63) is 30.1 Å². The van der Waals surface area contributed by atoms with Crippen LogP contribution in [0.4, 0.5) is 0 Å². The first-order valence-electron chi connectivity index (χ1n) is 6.11. The average molecular weight is 233 g/mol. The third kappa shape index (κ3) is 3.53. The van der Waals surface area contributed by atoms with Gasteiger partial charge in [-0.05, 0) is 25.1 Å². The molecule has 4 nitrogen and oxygen atoms in total. The monoisotopic (exact) mass is 233 g/mol. The van der Waals surface area contributed by atoms with Crippen molar-refractivity contribution in [1.29, 1.82) is 0 Å². The number of likely N-dealkylation sites (N-methyl/N-ethyl adjacent to an activating group) is 1. The van der Waals surface area contributed by atoms with Crippen molar-refractivity contribution >= 4 is 5.91 Å². The Labute approximate surface area is 102 Å². The van der Waals surface area contributed by atoms with Gasteiger partial charge in [-0.15, -0.1) is 0 Å². The lowest BCUT2D eigenvalue weighted by Gasteiger charge is -2.32. The van der Waals surface area contributed by atoms with Gasteiger partial charge in [0, 0.05) is 45.0 Å². The lowest BCUT2D eigenvalue weighted by atomic mass is 10.1. The molecule has 0 N–H and O–H groups in total. The molecule has 1 amide bonds. The van der Waals surface area contributed by atoms with E-state index in [0.717, 1.165) is 38.2 Å². The van der Waals surface area contributed by atoms with Crippen LogP contribution < -0.4 is 0 Å². The summed E-state index contributed by atoms with van der Waals surface area (Å²) in [6.45, 7) is 3.70. The van der Waals surface area contributed by atoms with Gasteiger partial charge in [0.05, 0.1) is 0 Å². The van der Waals surface area contributed by atoms with E-state index in [1.165, 1.54) is 0 Å². The molecule has 0 spiro atoms. The normalized spacial score (nSPS) is 17.1. The van der Waals surface area contributed by atoms with Gasteiger partial charge in [0.2, 0.25) is 5.91 Å². The summed E-state index contributed by atoms with van der Waals surface area (Å²) in [5.41, 5.74) is 1.13. The summed E-state index contributed by atoms with van der Waals surface area (Å²) in [7, 11) is 2.09. The summed E-state index contributed by atoms with van der Waals surface area (Å²) in [5, 5.41) is 0. The van der Waals surface area contributed by atoms with Crippen LogP contribution in [0.15, 0.2) is 24.5 Å². The molecule has 1 aliphatic heterocycles. The van der Waals surface area contributed by atoms with Crippen LogP contribution in [0.1, 0.15) is 12.0 Å². The second-order valence-electron chi connectivity index (χ2n) is 4.55. The average Bonchev–Trinajstić information content (AvgIpc) is 2.38. The molecule has 2 heterocycles. The molecular formula is C13H19N3O. The fourth-order valence-electron chi connectivity index (χ4n) is 2.01. The number of carbonyl (C=O) groups is 1. The van der Waals surface area contributed by atoms with E-state index in [-0.39, 0.29) is 5.91 Å². The number of rotatable bonds is 3. The molecular weight excluding hydrogens is 214 g/mol. The summed E-state index contributed by atoms with van der Waals surface area (Å²) in [4.78, 5) is 20.2. The smallest absolute Gasteiger partial charge is 0.222 e. The van der Waals surface area contributed by atoms with Crippen LogP contribution in [0, 0.1) is 0 Å². The molecule has 92 valence electrons. The number of amides is 1. The molecule has 0 saturated carbocycles. The minimum atomic E-state index is 0.266. The maximum atomic E-state index is 12.0. The molecule has 0 radical (unpaired) electrons. The van der Waals surface area contributed by atoms with Gasteiger partial charge in [-0.1, -0.05) is 6.07 Å². The zero-order valence-corrected chi connectivity index (χ0v) is 10.3. The number of piperazine rings is 1. The molecule has 1 aromatic rings. The second kappa shape index (κ2) is 5.77. The van der Waals surface area contributed by atoms with Crippen LogP contribution in [0.5, 0.6) is 0 Å². The highest BCUT2D eigenvalue weighted by Crippen LogP contribution is 2.06. The minimum absolute atomic E-state index is 0.266. The number of aromatic nitrogens is 1. The summed E-state index contributed by atoms with van der Waals surface area (Å²) in [6.07, 6.45) is 4.97. The predicted octanol–water partition coefficient (Wildman–Crippen LogP) is 0.788. The van der Waals surface area contributed by atoms with Crippen molar-refractivity contribution in [1.82, 2.24) is 14.8 Å². The fourth-order valence-corrected chi connectivity index (χ4v) is 2.01. The lowest BCUT2D eigenvalue weighted by Crippen LogP contribution is -2.47. The van der Waals surface area contributed by atoms with Gasteiger partial charge in [-0.3, -0.25) is 9.78 Å². The number of nitrogens with zero attached hydrogens (tertiary/aromatic N) is 3. The largest absolute Gasteiger partial charge is 0.340 e. The highest BCUT2D eigenvalue weighted by atomic mass is 16.2. The van der Waals surface area contributed by atoms with Gasteiger partial charge in [0.15, 0.2) is 0 Å². The zero-order valence-electron chi connectivity index (χ0n) is 10.3. The molecule has 1 aromatic heterocycles. The maximum absolute atomic E-state index is 12.0. The Morgan fingerprint density at radius 1 is 1.35 bits per heavy atom. The molecule has 1 fully saturated rings. The fraction of sp³-hybridized carbons (Fsp3) is 0.538. The zero-order chi connectivity index (χ0) is 12.1. The maximum Gasteiger partial charge on any atom is 0.222 e. The Bertz CT molecular complexity index is 358. The predicted molar refractivity (Wildman–Crippen MR) is 66.6 cm³/mol. The third-order valence-electron chi connectivity index (χ3n) is 3.21. The summed E-state index contributed by atoms with van der Waals surface area (Å²) in [6, 6.07) is 3.93. The molecule has 1 aliphatic rings. The minimum Gasteiger partial charge on any atom is -0.340 e. The van der Waals surface area contributed by atoms with E-state index < -0.39 is 0 Å². The Balaban J connectivity index is 1.78. The molecule has 1 saturated heterocycles. The molecule has 0 unspecified atom stereocenters. The van der Waals surface area contributed by atoms with Crippen molar-refractivity contribution in [2.24, 2.45) is 0 Å². The third-order valence-corrected chi connectivity index (χ3v) is 3.21. The van der Waals surface area contributed by atoms with Crippen molar-refractivity contribution in [2.75, 3.05) is 33.2 Å². The van der Waals surface area contributed by atoms with Crippen molar-refractivity contribution in [3.8, 4) is 0 Å². The Morgan fingerprint density at radius 3 is 2.76 bits per heavy atom. The first kappa shape index (κ1) is 12.0. The van der Waals surface area contributed by atoms with E-state index in [1.54, 1.807) is 6.20 Å². The molecule has 17 heavy (non-hydrogen) atoms. The van der Waals surface area contributed by atoms with E-state index in [9.17, 15) is 4.79 Å². The first-order valence-corrected chi connectivity index (χ1v) is 6.11. The van der Waals surface area contributed by atoms with Gasteiger partial charge in [0.1, 0.15) is 0 Å². The van der Waals surface area contributed by atoms with Gasteiger partial charge < -0.3 is 9.80 Å². The van der Waals surface area contributed by atoms with Crippen molar-refractivity contribution < 1.29 is 4.79 Å². The van der Waals surface area contributed by atoms with Gasteiger partial charge in [-0.2, -0.15) is 0 Å². The van der Waals surface area contributed by atoms with Crippen LogP contribution in [0.3, 0.4) is 0 Å². The van der Waals surface area contributed by atoms with Crippen molar-refractivity contribution in [2.45, 2.75) is 12.8 Å².